The van der Waals surface area contributed by atoms with Gasteiger partial charge in [0.1, 0.15) is 0 Å². The van der Waals surface area contributed by atoms with Crippen molar-refractivity contribution in [2.75, 3.05) is 52.7 Å². The lowest BCUT2D eigenvalue weighted by atomic mass is 10.1. The van der Waals surface area contributed by atoms with Crippen LogP contribution in [0.2, 0.25) is 0 Å². The number of piperazine rings is 1. The van der Waals surface area contributed by atoms with E-state index in [4.69, 9.17) is 10.5 Å². The van der Waals surface area contributed by atoms with Gasteiger partial charge >= 0.3 is 0 Å². The average molecular weight is 302 g/mol. The number of fused-ring (bicyclic) bond motifs is 1. The van der Waals surface area contributed by atoms with Gasteiger partial charge in [-0.15, -0.1) is 0 Å². The maximum absolute atomic E-state index is 5.97. The maximum atomic E-state index is 5.97. The second kappa shape index (κ2) is 6.69. The highest BCUT2D eigenvalue weighted by atomic mass is 16.5. The Bertz CT molecular complexity index is 629. The molecule has 1 aromatic carbocycles. The number of anilines is 1. The fraction of sp³-hybridized carbons (Fsp3) is 0.529. The largest absolute Gasteiger partial charge is 0.399 e. The Morgan fingerprint density at radius 2 is 1.95 bits per heavy atom. The predicted molar refractivity (Wildman–Crippen MR) is 91.0 cm³/mol. The SMILES string of the molecule is COCCn1cc(CN2CCN(C)CC2)c2ccc(N)cc21. The predicted octanol–water partition coefficient (Wildman–Crippen LogP) is 1.62. The molecule has 2 aromatic rings. The molecule has 1 fully saturated rings. The first kappa shape index (κ1) is 15.3. The van der Waals surface area contributed by atoms with Crippen molar-refractivity contribution in [3.63, 3.8) is 0 Å². The minimum absolute atomic E-state index is 0.715. The number of hydrogen-bond acceptors (Lipinski definition) is 4. The normalized spacial score (nSPS) is 17.4. The van der Waals surface area contributed by atoms with Gasteiger partial charge in [-0.1, -0.05) is 6.07 Å². The molecule has 2 N–H and O–H groups in total. The Labute approximate surface area is 132 Å². The van der Waals surface area contributed by atoms with Crippen molar-refractivity contribution < 1.29 is 4.74 Å². The van der Waals surface area contributed by atoms with Crippen molar-refractivity contribution in [2.45, 2.75) is 13.1 Å². The quantitative estimate of drug-likeness (QED) is 0.853. The fourth-order valence-corrected chi connectivity index (χ4v) is 3.13. The van der Waals surface area contributed by atoms with Gasteiger partial charge in [-0.3, -0.25) is 4.90 Å². The Morgan fingerprint density at radius 1 is 1.18 bits per heavy atom. The van der Waals surface area contributed by atoms with Crippen LogP contribution in [0.4, 0.5) is 5.69 Å². The zero-order chi connectivity index (χ0) is 15.5. The number of methoxy groups -OCH3 is 1. The number of nitrogen functional groups attached to an aromatic ring is 1. The van der Waals surface area contributed by atoms with Crippen LogP contribution in [0.25, 0.3) is 10.9 Å². The summed E-state index contributed by atoms with van der Waals surface area (Å²) in [5.41, 5.74) is 9.38. The van der Waals surface area contributed by atoms with Crippen LogP contribution in [0.1, 0.15) is 5.56 Å². The molecular formula is C17H26N4O. The molecule has 0 aliphatic carbocycles. The third kappa shape index (κ3) is 3.27. The van der Waals surface area contributed by atoms with Gasteiger partial charge in [0.2, 0.25) is 0 Å². The van der Waals surface area contributed by atoms with Gasteiger partial charge in [0.05, 0.1) is 12.1 Å². The number of nitrogens with zero attached hydrogens (tertiary/aromatic N) is 3. The summed E-state index contributed by atoms with van der Waals surface area (Å²) in [6, 6.07) is 6.22. The van der Waals surface area contributed by atoms with E-state index in [1.807, 2.05) is 6.07 Å². The summed E-state index contributed by atoms with van der Waals surface area (Å²) in [5.74, 6) is 0. The summed E-state index contributed by atoms with van der Waals surface area (Å²) in [4.78, 5) is 4.92. The molecule has 0 unspecified atom stereocenters. The highest BCUT2D eigenvalue weighted by Crippen LogP contribution is 2.25. The van der Waals surface area contributed by atoms with E-state index in [-0.39, 0.29) is 0 Å². The lowest BCUT2D eigenvalue weighted by Crippen LogP contribution is -2.43. The van der Waals surface area contributed by atoms with Gasteiger partial charge in [-0.25, -0.2) is 0 Å². The molecule has 1 aliphatic rings. The molecule has 120 valence electrons. The number of ether oxygens (including phenoxy) is 1. The zero-order valence-corrected chi connectivity index (χ0v) is 13.6. The number of likely N-dealkylation sites (N-methyl/N-ethyl adjacent to an activating group) is 1. The van der Waals surface area contributed by atoms with Crippen LogP contribution in [0.5, 0.6) is 0 Å². The zero-order valence-electron chi connectivity index (χ0n) is 13.6. The number of aromatic nitrogens is 1. The molecule has 2 heterocycles. The van der Waals surface area contributed by atoms with Crippen LogP contribution in [-0.4, -0.2) is 61.3 Å². The molecule has 0 bridgehead atoms. The van der Waals surface area contributed by atoms with Gasteiger partial charge < -0.3 is 19.9 Å². The second-order valence-corrected chi connectivity index (χ2v) is 6.20. The standard InChI is InChI=1S/C17H26N4O/c1-19-5-7-20(8-6-19)12-14-13-21(9-10-22-2)17-11-15(18)3-4-16(14)17/h3-4,11,13H,5-10,12,18H2,1-2H3. The average Bonchev–Trinajstić information content (AvgIpc) is 2.84. The molecule has 1 saturated heterocycles. The van der Waals surface area contributed by atoms with Gasteiger partial charge in [0.25, 0.3) is 0 Å². The summed E-state index contributed by atoms with van der Waals surface area (Å²) in [5, 5.41) is 1.31. The van der Waals surface area contributed by atoms with Crippen molar-refractivity contribution in [2.24, 2.45) is 0 Å². The monoisotopic (exact) mass is 302 g/mol. The van der Waals surface area contributed by atoms with Crippen molar-refractivity contribution >= 4 is 16.6 Å². The lowest BCUT2D eigenvalue weighted by Gasteiger charge is -2.32. The summed E-state index contributed by atoms with van der Waals surface area (Å²) in [7, 11) is 3.93. The van der Waals surface area contributed by atoms with E-state index in [9.17, 15) is 0 Å². The smallest absolute Gasteiger partial charge is 0.0641 e. The van der Waals surface area contributed by atoms with Crippen molar-refractivity contribution in [3.05, 3.63) is 30.0 Å². The van der Waals surface area contributed by atoms with Gasteiger partial charge in [0.15, 0.2) is 0 Å². The summed E-state index contributed by atoms with van der Waals surface area (Å²) in [6.45, 7) is 7.15. The molecule has 3 rings (SSSR count). The Hall–Kier alpha value is -1.56. The molecule has 0 amide bonds. The molecule has 1 aliphatic heterocycles. The van der Waals surface area contributed by atoms with Crippen LogP contribution >= 0.6 is 0 Å². The third-order valence-corrected chi connectivity index (χ3v) is 4.52. The Balaban J connectivity index is 1.85. The van der Waals surface area contributed by atoms with Crippen molar-refractivity contribution in [1.29, 1.82) is 0 Å². The van der Waals surface area contributed by atoms with Crippen LogP contribution in [0, 0.1) is 0 Å². The molecule has 0 radical (unpaired) electrons. The number of hydrogen-bond donors (Lipinski definition) is 1. The van der Waals surface area contributed by atoms with E-state index in [1.54, 1.807) is 7.11 Å². The Kier molecular flexibility index (Phi) is 4.66. The number of nitrogens with two attached hydrogens (primary N) is 1. The summed E-state index contributed by atoms with van der Waals surface area (Å²) in [6.07, 6.45) is 2.27. The summed E-state index contributed by atoms with van der Waals surface area (Å²) < 4.78 is 7.49. The summed E-state index contributed by atoms with van der Waals surface area (Å²) >= 11 is 0. The molecule has 0 spiro atoms. The molecule has 5 heteroatoms. The van der Waals surface area contributed by atoms with E-state index in [0.717, 1.165) is 45.0 Å². The second-order valence-electron chi connectivity index (χ2n) is 6.20. The minimum Gasteiger partial charge on any atom is -0.399 e. The van der Waals surface area contributed by atoms with Crippen molar-refractivity contribution in [1.82, 2.24) is 14.4 Å². The topological polar surface area (TPSA) is 46.7 Å². The van der Waals surface area contributed by atoms with Crippen LogP contribution in [0.3, 0.4) is 0 Å². The fourth-order valence-electron chi connectivity index (χ4n) is 3.13. The maximum Gasteiger partial charge on any atom is 0.0641 e. The van der Waals surface area contributed by atoms with E-state index < -0.39 is 0 Å². The molecule has 5 nitrogen and oxygen atoms in total. The first-order valence-corrected chi connectivity index (χ1v) is 7.94. The Morgan fingerprint density at radius 3 is 2.68 bits per heavy atom. The van der Waals surface area contributed by atoms with Crippen LogP contribution in [0.15, 0.2) is 24.4 Å². The molecular weight excluding hydrogens is 276 g/mol. The van der Waals surface area contributed by atoms with E-state index in [1.165, 1.54) is 16.5 Å². The van der Waals surface area contributed by atoms with E-state index in [2.05, 4.69) is 39.7 Å². The molecule has 1 aromatic heterocycles. The van der Waals surface area contributed by atoms with Crippen LogP contribution in [-0.2, 0) is 17.8 Å². The van der Waals surface area contributed by atoms with Crippen molar-refractivity contribution in [3.8, 4) is 0 Å². The lowest BCUT2D eigenvalue weighted by molar-refractivity contribution is 0.148. The highest BCUT2D eigenvalue weighted by molar-refractivity contribution is 5.86. The highest BCUT2D eigenvalue weighted by Gasteiger charge is 2.16. The first-order valence-electron chi connectivity index (χ1n) is 7.94. The number of benzene rings is 1. The van der Waals surface area contributed by atoms with Gasteiger partial charge in [-0.05, 0) is 24.7 Å². The third-order valence-electron chi connectivity index (χ3n) is 4.52. The number of rotatable bonds is 5. The van der Waals surface area contributed by atoms with E-state index >= 15 is 0 Å². The molecule has 22 heavy (non-hydrogen) atoms. The minimum atomic E-state index is 0.715. The van der Waals surface area contributed by atoms with Gasteiger partial charge in [0, 0.05) is 63.6 Å². The van der Waals surface area contributed by atoms with E-state index in [0.29, 0.717) is 6.61 Å². The first-order chi connectivity index (χ1) is 10.7. The molecule has 0 saturated carbocycles. The van der Waals surface area contributed by atoms with Crippen LogP contribution < -0.4 is 5.73 Å². The molecule has 0 atom stereocenters. The van der Waals surface area contributed by atoms with Gasteiger partial charge in [-0.2, -0.15) is 0 Å².